The van der Waals surface area contributed by atoms with Gasteiger partial charge in [0.05, 0.1) is 12.2 Å². The van der Waals surface area contributed by atoms with Crippen LogP contribution < -0.4 is 0 Å². The van der Waals surface area contributed by atoms with Crippen molar-refractivity contribution < 1.29 is 49.0 Å². The van der Waals surface area contributed by atoms with E-state index in [-0.39, 0.29) is 30.5 Å². The van der Waals surface area contributed by atoms with Crippen LogP contribution in [0.5, 0.6) is 5.75 Å². The summed E-state index contributed by atoms with van der Waals surface area (Å²) in [6.45, 7) is 0.437. The third-order valence-corrected chi connectivity index (χ3v) is 5.22. The summed E-state index contributed by atoms with van der Waals surface area (Å²) in [5.41, 5.74) is 1.72. The summed E-state index contributed by atoms with van der Waals surface area (Å²) < 4.78 is 24.1. The summed E-state index contributed by atoms with van der Waals surface area (Å²) >= 11 is 0. The molecule has 5 N–H and O–H groups in total. The fourth-order valence-corrected chi connectivity index (χ4v) is 3.52. The minimum atomic E-state index is -1.83. The van der Waals surface area contributed by atoms with E-state index in [1.54, 1.807) is 24.3 Å². The number of phenolic OH excluding ortho intramolecular Hbond substituents is 1. The summed E-state index contributed by atoms with van der Waals surface area (Å²) in [6, 6.07) is 12.6. The van der Waals surface area contributed by atoms with Crippen molar-refractivity contribution in [1.29, 1.82) is 0 Å². The second-order valence-corrected chi connectivity index (χ2v) is 7.93. The van der Waals surface area contributed by atoms with Crippen LogP contribution in [-0.2, 0) is 20.7 Å². The summed E-state index contributed by atoms with van der Waals surface area (Å²) in [7, 11) is 0. The number of aryl methyl sites for hydroxylation is 1. The first-order valence-corrected chi connectivity index (χ1v) is 11.0. The zero-order valence-corrected chi connectivity index (χ0v) is 18.9. The fraction of sp³-hybridized carbons (Fsp3) is 0.360. The summed E-state index contributed by atoms with van der Waals surface area (Å²) in [4.78, 5) is 20.7. The Kier molecular flexibility index (Phi) is 11.1. The van der Waals surface area contributed by atoms with Gasteiger partial charge in [0.15, 0.2) is 0 Å². The standard InChI is InChI=1S/C24H27FO6.CH2O3/c25-18-8-3-16(4-9-18)2-1-13-30-20-14-21(27)24(29)22(15-20)31-23(28)12-7-17-5-10-19(26)11-6-17;2-1(3)4/h3-12,20-22,24,26-27,29H,1-2,13-15H2;(H2,2,3,4)/b12-7+;/t20-,21-,22+,24+;/m0./s1. The minimum Gasteiger partial charge on any atom is -0.508 e. The van der Waals surface area contributed by atoms with Crippen LogP contribution in [0.25, 0.3) is 6.08 Å². The Bertz CT molecular complexity index is 956. The van der Waals surface area contributed by atoms with E-state index in [1.165, 1.54) is 36.4 Å². The van der Waals surface area contributed by atoms with Crippen molar-refractivity contribution in [2.24, 2.45) is 0 Å². The molecular formula is C25H29FO9. The van der Waals surface area contributed by atoms with Crippen LogP contribution in [0, 0.1) is 5.82 Å². The number of carboxylic acid groups (broad SMARTS) is 2. The highest BCUT2D eigenvalue weighted by atomic mass is 19.1. The predicted octanol–water partition coefficient (Wildman–Crippen LogP) is 3.21. The van der Waals surface area contributed by atoms with E-state index in [2.05, 4.69) is 0 Å². The fourth-order valence-electron chi connectivity index (χ4n) is 3.52. The van der Waals surface area contributed by atoms with Crippen LogP contribution in [-0.4, -0.2) is 68.7 Å². The summed E-state index contributed by atoms with van der Waals surface area (Å²) in [6.07, 6.45) is -0.495. The Morgan fingerprint density at radius 3 is 2.26 bits per heavy atom. The maximum Gasteiger partial charge on any atom is 0.503 e. The highest BCUT2D eigenvalue weighted by Gasteiger charge is 2.38. The molecule has 9 nitrogen and oxygen atoms in total. The van der Waals surface area contributed by atoms with E-state index in [0.29, 0.717) is 12.2 Å². The monoisotopic (exact) mass is 492 g/mol. The number of hydrogen-bond acceptors (Lipinski definition) is 7. The highest BCUT2D eigenvalue weighted by molar-refractivity contribution is 5.87. The molecule has 0 aliphatic heterocycles. The smallest absolute Gasteiger partial charge is 0.503 e. The maximum absolute atomic E-state index is 12.9. The lowest BCUT2D eigenvalue weighted by atomic mass is 9.89. The topological polar surface area (TPSA) is 154 Å². The Morgan fingerprint density at radius 1 is 1.00 bits per heavy atom. The largest absolute Gasteiger partial charge is 0.508 e. The predicted molar refractivity (Wildman–Crippen MR) is 123 cm³/mol. The van der Waals surface area contributed by atoms with Crippen LogP contribution in [0.15, 0.2) is 54.6 Å². The van der Waals surface area contributed by atoms with Crippen molar-refractivity contribution in [1.82, 2.24) is 0 Å². The molecule has 3 rings (SSSR count). The van der Waals surface area contributed by atoms with Crippen LogP contribution in [0.3, 0.4) is 0 Å². The average molecular weight is 492 g/mol. The molecule has 35 heavy (non-hydrogen) atoms. The van der Waals surface area contributed by atoms with Crippen molar-refractivity contribution in [3.05, 3.63) is 71.6 Å². The first-order valence-electron chi connectivity index (χ1n) is 11.0. The van der Waals surface area contributed by atoms with Crippen molar-refractivity contribution >= 4 is 18.2 Å². The van der Waals surface area contributed by atoms with E-state index in [1.807, 2.05) is 0 Å². The summed E-state index contributed by atoms with van der Waals surface area (Å²) in [5, 5.41) is 43.6. The van der Waals surface area contributed by atoms with E-state index in [4.69, 9.17) is 24.5 Å². The van der Waals surface area contributed by atoms with Gasteiger partial charge in [0.25, 0.3) is 0 Å². The molecule has 2 aromatic carbocycles. The van der Waals surface area contributed by atoms with E-state index < -0.39 is 30.4 Å². The number of esters is 1. The second kappa shape index (κ2) is 14.1. The van der Waals surface area contributed by atoms with E-state index in [9.17, 15) is 24.5 Å². The molecule has 4 atom stereocenters. The third-order valence-electron chi connectivity index (χ3n) is 5.22. The molecule has 0 heterocycles. The Labute approximate surface area is 201 Å². The molecular weight excluding hydrogens is 463 g/mol. The SMILES string of the molecule is O=C(/C=C/c1ccc(O)cc1)O[C@@H]1C[C@@H](OCCCc2ccc(F)cc2)C[C@H](O)[C@H]1O.O=C(O)O. The number of halogens is 1. The molecule has 0 aromatic heterocycles. The summed E-state index contributed by atoms with van der Waals surface area (Å²) in [5.74, 6) is -0.780. The average Bonchev–Trinajstić information content (AvgIpc) is 2.80. The quantitative estimate of drug-likeness (QED) is 0.212. The van der Waals surface area contributed by atoms with Crippen molar-refractivity contribution in [3.63, 3.8) is 0 Å². The number of carbonyl (C=O) groups excluding carboxylic acids is 1. The Hall–Kier alpha value is -3.47. The van der Waals surface area contributed by atoms with E-state index >= 15 is 0 Å². The minimum absolute atomic E-state index is 0.128. The molecule has 1 saturated carbocycles. The van der Waals surface area contributed by atoms with E-state index in [0.717, 1.165) is 18.4 Å². The van der Waals surface area contributed by atoms with Gasteiger partial charge in [-0.05, 0) is 54.3 Å². The molecule has 1 aliphatic carbocycles. The number of carbonyl (C=O) groups is 2. The zero-order valence-electron chi connectivity index (χ0n) is 18.9. The lowest BCUT2D eigenvalue weighted by Gasteiger charge is -2.36. The molecule has 0 unspecified atom stereocenters. The number of aliphatic hydroxyl groups is 2. The second-order valence-electron chi connectivity index (χ2n) is 7.93. The number of hydrogen-bond donors (Lipinski definition) is 5. The number of aromatic hydroxyl groups is 1. The first-order chi connectivity index (χ1) is 16.6. The van der Waals surface area contributed by atoms with Crippen molar-refractivity contribution in [3.8, 4) is 5.75 Å². The molecule has 0 radical (unpaired) electrons. The molecule has 0 spiro atoms. The first kappa shape index (κ1) is 27.8. The van der Waals surface area contributed by atoms with Gasteiger partial charge in [0.1, 0.15) is 23.8 Å². The molecule has 0 saturated heterocycles. The lowest BCUT2D eigenvalue weighted by Crippen LogP contribution is -2.48. The van der Waals surface area contributed by atoms with Crippen molar-refractivity contribution in [2.75, 3.05) is 6.61 Å². The molecule has 1 aliphatic rings. The molecule has 0 amide bonds. The Balaban J connectivity index is 0.00000100. The lowest BCUT2D eigenvalue weighted by molar-refractivity contribution is -0.170. The van der Waals surface area contributed by atoms with Crippen LogP contribution in [0.1, 0.15) is 30.4 Å². The molecule has 2 aromatic rings. The molecule has 1 fully saturated rings. The number of ether oxygens (including phenoxy) is 2. The highest BCUT2D eigenvalue weighted by Crippen LogP contribution is 2.25. The zero-order chi connectivity index (χ0) is 25.8. The third kappa shape index (κ3) is 10.6. The van der Waals surface area contributed by atoms with Gasteiger partial charge in [-0.2, -0.15) is 0 Å². The van der Waals surface area contributed by atoms with Gasteiger partial charge < -0.3 is 35.0 Å². The van der Waals surface area contributed by atoms with Gasteiger partial charge in [-0.1, -0.05) is 24.3 Å². The molecule has 10 heteroatoms. The maximum atomic E-state index is 12.9. The van der Waals surface area contributed by atoms with Gasteiger partial charge in [-0.25, -0.2) is 14.0 Å². The van der Waals surface area contributed by atoms with Gasteiger partial charge >= 0.3 is 12.1 Å². The van der Waals surface area contributed by atoms with Gasteiger partial charge in [0, 0.05) is 25.5 Å². The number of benzene rings is 2. The van der Waals surface area contributed by atoms with Gasteiger partial charge in [-0.15, -0.1) is 0 Å². The molecule has 190 valence electrons. The van der Waals surface area contributed by atoms with Crippen LogP contribution >= 0.6 is 0 Å². The van der Waals surface area contributed by atoms with Crippen molar-refractivity contribution in [2.45, 2.75) is 50.1 Å². The molecule has 0 bridgehead atoms. The Morgan fingerprint density at radius 2 is 1.63 bits per heavy atom. The van der Waals surface area contributed by atoms with Crippen LogP contribution in [0.2, 0.25) is 0 Å². The normalized spacial score (nSPS) is 21.7. The number of rotatable bonds is 8. The van der Waals surface area contributed by atoms with Gasteiger partial charge in [-0.3, -0.25) is 0 Å². The number of aliphatic hydroxyl groups excluding tert-OH is 2. The number of phenols is 1. The van der Waals surface area contributed by atoms with Crippen LogP contribution in [0.4, 0.5) is 9.18 Å². The van der Waals surface area contributed by atoms with Gasteiger partial charge in [0.2, 0.25) is 0 Å².